The van der Waals surface area contributed by atoms with Gasteiger partial charge in [0.1, 0.15) is 5.88 Å². The SMILES string of the molecule is Cc1nscc1CN(C(=O)CCl)[C@@H]1CCCC[C@@H]1O. The minimum Gasteiger partial charge on any atom is -0.391 e. The van der Waals surface area contributed by atoms with Gasteiger partial charge in [-0.15, -0.1) is 11.6 Å². The Morgan fingerprint density at radius 2 is 2.32 bits per heavy atom. The van der Waals surface area contributed by atoms with E-state index in [1.165, 1.54) is 11.5 Å². The van der Waals surface area contributed by atoms with Gasteiger partial charge in [0.2, 0.25) is 5.91 Å². The second-order valence-corrected chi connectivity index (χ2v) is 5.90. The standard InChI is InChI=1S/C13H19ClN2O2S/c1-9-10(8-19-15-9)7-16(13(18)6-14)11-4-2-3-5-12(11)17/h8,11-12,17H,2-7H2,1H3/t11-,12+/m1/s1. The fraction of sp³-hybridized carbons (Fsp3) is 0.692. The smallest absolute Gasteiger partial charge is 0.238 e. The van der Waals surface area contributed by atoms with E-state index < -0.39 is 6.10 Å². The first-order valence-electron chi connectivity index (χ1n) is 6.57. The first kappa shape index (κ1) is 14.8. The number of carbonyl (C=O) groups is 1. The van der Waals surface area contributed by atoms with Gasteiger partial charge in [0.05, 0.1) is 17.8 Å². The summed E-state index contributed by atoms with van der Waals surface area (Å²) in [6.45, 7) is 2.43. The normalized spacial score (nSPS) is 23.3. The third-order valence-corrected chi connectivity index (χ3v) is 4.72. The molecule has 1 aromatic rings. The quantitative estimate of drug-likeness (QED) is 0.869. The Morgan fingerprint density at radius 3 is 2.89 bits per heavy atom. The molecule has 2 rings (SSSR count). The molecule has 1 saturated carbocycles. The maximum Gasteiger partial charge on any atom is 0.238 e. The van der Waals surface area contributed by atoms with Gasteiger partial charge in [-0.25, -0.2) is 0 Å². The van der Waals surface area contributed by atoms with E-state index in [9.17, 15) is 9.90 Å². The van der Waals surface area contributed by atoms with Gasteiger partial charge in [0, 0.05) is 17.5 Å². The van der Waals surface area contributed by atoms with Crippen molar-refractivity contribution in [2.75, 3.05) is 5.88 Å². The van der Waals surface area contributed by atoms with E-state index in [0.29, 0.717) is 6.54 Å². The average Bonchev–Trinajstić information content (AvgIpc) is 2.81. The minimum atomic E-state index is -0.437. The molecule has 0 spiro atoms. The zero-order chi connectivity index (χ0) is 13.8. The number of aryl methyl sites for hydroxylation is 1. The van der Waals surface area contributed by atoms with Crippen LogP contribution in [0.15, 0.2) is 5.38 Å². The number of nitrogens with zero attached hydrogens (tertiary/aromatic N) is 2. The van der Waals surface area contributed by atoms with E-state index in [-0.39, 0.29) is 17.8 Å². The third-order valence-electron chi connectivity index (χ3n) is 3.72. The van der Waals surface area contributed by atoms with Gasteiger partial charge in [0.25, 0.3) is 0 Å². The van der Waals surface area contributed by atoms with Crippen molar-refractivity contribution in [2.45, 2.75) is 51.3 Å². The van der Waals surface area contributed by atoms with Crippen LogP contribution in [0.4, 0.5) is 0 Å². The number of rotatable bonds is 4. The monoisotopic (exact) mass is 302 g/mol. The lowest BCUT2D eigenvalue weighted by Crippen LogP contribution is -2.48. The lowest BCUT2D eigenvalue weighted by Gasteiger charge is -2.37. The first-order valence-corrected chi connectivity index (χ1v) is 7.94. The fourth-order valence-corrected chi connectivity index (χ4v) is 3.42. The molecule has 0 saturated heterocycles. The van der Waals surface area contributed by atoms with Crippen LogP contribution in [0.2, 0.25) is 0 Å². The highest BCUT2D eigenvalue weighted by Crippen LogP contribution is 2.26. The molecule has 106 valence electrons. The molecule has 4 nitrogen and oxygen atoms in total. The maximum absolute atomic E-state index is 12.1. The van der Waals surface area contributed by atoms with Gasteiger partial charge >= 0.3 is 0 Å². The summed E-state index contributed by atoms with van der Waals surface area (Å²) in [4.78, 5) is 13.8. The molecule has 2 atom stereocenters. The Hall–Kier alpha value is -0.650. The van der Waals surface area contributed by atoms with E-state index in [1.54, 1.807) is 4.90 Å². The second kappa shape index (κ2) is 6.68. The number of carbonyl (C=O) groups excluding carboxylic acids is 1. The van der Waals surface area contributed by atoms with Gasteiger partial charge in [-0.2, -0.15) is 4.37 Å². The minimum absolute atomic E-state index is 0.0418. The van der Waals surface area contributed by atoms with Crippen LogP contribution >= 0.6 is 23.1 Å². The van der Waals surface area contributed by atoms with Crippen LogP contribution in [-0.2, 0) is 11.3 Å². The van der Waals surface area contributed by atoms with Gasteiger partial charge < -0.3 is 10.0 Å². The van der Waals surface area contributed by atoms with Crippen LogP contribution in [0.1, 0.15) is 36.9 Å². The van der Waals surface area contributed by atoms with Crippen molar-refractivity contribution in [3.63, 3.8) is 0 Å². The van der Waals surface area contributed by atoms with Crippen LogP contribution in [0.3, 0.4) is 0 Å². The Labute approximate surface area is 122 Å². The summed E-state index contributed by atoms with van der Waals surface area (Å²) >= 11 is 7.10. The molecule has 0 aliphatic heterocycles. The molecule has 0 unspecified atom stereocenters. The summed E-state index contributed by atoms with van der Waals surface area (Å²) in [5, 5.41) is 12.1. The zero-order valence-electron chi connectivity index (χ0n) is 11.0. The zero-order valence-corrected chi connectivity index (χ0v) is 12.6. The predicted molar refractivity (Wildman–Crippen MR) is 76.4 cm³/mol. The molecule has 0 bridgehead atoms. The molecule has 1 heterocycles. The van der Waals surface area contributed by atoms with Crippen LogP contribution in [0.5, 0.6) is 0 Å². The van der Waals surface area contributed by atoms with Crippen LogP contribution in [0.25, 0.3) is 0 Å². The van der Waals surface area contributed by atoms with E-state index in [4.69, 9.17) is 11.6 Å². The Morgan fingerprint density at radius 1 is 1.58 bits per heavy atom. The highest BCUT2D eigenvalue weighted by atomic mass is 35.5. The molecule has 0 aromatic carbocycles. The highest BCUT2D eigenvalue weighted by molar-refractivity contribution is 7.03. The average molecular weight is 303 g/mol. The summed E-state index contributed by atoms with van der Waals surface area (Å²) in [6, 6.07) is -0.112. The summed E-state index contributed by atoms with van der Waals surface area (Å²) in [7, 11) is 0. The molecule has 1 N–H and O–H groups in total. The van der Waals surface area contributed by atoms with Gasteiger partial charge in [0.15, 0.2) is 0 Å². The molecule has 1 amide bonds. The molecule has 0 radical (unpaired) electrons. The summed E-state index contributed by atoms with van der Waals surface area (Å²) in [6.07, 6.45) is 3.25. The maximum atomic E-state index is 12.1. The number of aliphatic hydroxyl groups excluding tert-OH is 1. The highest BCUT2D eigenvalue weighted by Gasteiger charge is 2.31. The number of halogens is 1. The fourth-order valence-electron chi connectivity index (χ4n) is 2.57. The van der Waals surface area contributed by atoms with Crippen LogP contribution < -0.4 is 0 Å². The number of alkyl halides is 1. The molecule has 1 aliphatic carbocycles. The molecular weight excluding hydrogens is 284 g/mol. The van der Waals surface area contributed by atoms with Crippen molar-refractivity contribution in [1.29, 1.82) is 0 Å². The van der Waals surface area contributed by atoms with Gasteiger partial charge in [-0.3, -0.25) is 4.79 Å². The van der Waals surface area contributed by atoms with E-state index in [2.05, 4.69) is 4.37 Å². The van der Waals surface area contributed by atoms with Crippen molar-refractivity contribution >= 4 is 29.0 Å². The molecule has 1 aromatic heterocycles. The molecule has 1 aliphatic rings. The topological polar surface area (TPSA) is 53.4 Å². The second-order valence-electron chi connectivity index (χ2n) is 5.00. The van der Waals surface area contributed by atoms with E-state index in [0.717, 1.165) is 36.9 Å². The van der Waals surface area contributed by atoms with E-state index in [1.807, 2.05) is 12.3 Å². The van der Waals surface area contributed by atoms with Crippen LogP contribution in [-0.4, -0.2) is 38.3 Å². The summed E-state index contributed by atoms with van der Waals surface area (Å²) in [5.41, 5.74) is 1.99. The third kappa shape index (κ3) is 3.46. The molecule has 6 heteroatoms. The molecule has 19 heavy (non-hydrogen) atoms. The summed E-state index contributed by atoms with van der Waals surface area (Å²) in [5.74, 6) is -0.155. The molecular formula is C13H19ClN2O2S. The van der Waals surface area contributed by atoms with Crippen molar-refractivity contribution in [2.24, 2.45) is 0 Å². The number of aliphatic hydroxyl groups is 1. The first-order chi connectivity index (χ1) is 9.13. The molecule has 1 fully saturated rings. The number of hydrogen-bond acceptors (Lipinski definition) is 4. The number of amides is 1. The Kier molecular flexibility index (Phi) is 5.19. The summed E-state index contributed by atoms with van der Waals surface area (Å²) < 4.78 is 4.23. The largest absolute Gasteiger partial charge is 0.391 e. The van der Waals surface area contributed by atoms with Crippen molar-refractivity contribution in [3.05, 3.63) is 16.6 Å². The number of hydrogen-bond donors (Lipinski definition) is 1. The van der Waals surface area contributed by atoms with Crippen molar-refractivity contribution in [1.82, 2.24) is 9.27 Å². The lowest BCUT2D eigenvalue weighted by atomic mass is 9.91. The lowest BCUT2D eigenvalue weighted by molar-refractivity contribution is -0.135. The number of aromatic nitrogens is 1. The Bertz CT molecular complexity index is 438. The van der Waals surface area contributed by atoms with Crippen LogP contribution in [0, 0.1) is 6.92 Å². The van der Waals surface area contributed by atoms with Gasteiger partial charge in [-0.1, -0.05) is 12.8 Å². The van der Waals surface area contributed by atoms with E-state index >= 15 is 0 Å². The predicted octanol–water partition coefficient (Wildman–Crippen LogP) is 2.32. The van der Waals surface area contributed by atoms with Crippen molar-refractivity contribution in [3.8, 4) is 0 Å². The Balaban J connectivity index is 2.16. The van der Waals surface area contributed by atoms with Gasteiger partial charge in [-0.05, 0) is 31.3 Å². The van der Waals surface area contributed by atoms with Crippen molar-refractivity contribution < 1.29 is 9.90 Å².